The van der Waals surface area contributed by atoms with Crippen molar-refractivity contribution >= 4 is 11.8 Å². The number of amides is 2. The molecular weight excluding hydrogens is 278 g/mol. The standard InChI is InChI=1S/C17H25N3O2/c1-13-6-4-7-14(12-13)16(19(2)3)17(22)18-9-11-20-10-5-8-15(20)21/h4,6-7,12,16H,5,8-11H2,1-3H3,(H,18,22). The number of benzene rings is 1. The molecule has 2 amide bonds. The van der Waals surface area contributed by atoms with Gasteiger partial charge in [-0.15, -0.1) is 0 Å². The van der Waals surface area contributed by atoms with Crippen LogP contribution in [0.15, 0.2) is 24.3 Å². The van der Waals surface area contributed by atoms with Crippen LogP contribution in [-0.4, -0.2) is 55.3 Å². The number of carbonyl (C=O) groups excluding carboxylic acids is 2. The van der Waals surface area contributed by atoms with Crippen LogP contribution in [0.2, 0.25) is 0 Å². The predicted molar refractivity (Wildman–Crippen MR) is 86.4 cm³/mol. The van der Waals surface area contributed by atoms with Gasteiger partial charge in [0.15, 0.2) is 0 Å². The number of nitrogens with zero attached hydrogens (tertiary/aromatic N) is 2. The molecule has 1 unspecified atom stereocenters. The Morgan fingerprint density at radius 1 is 1.41 bits per heavy atom. The Bertz CT molecular complexity index is 542. The molecule has 0 saturated carbocycles. The quantitative estimate of drug-likeness (QED) is 0.863. The van der Waals surface area contributed by atoms with Crippen LogP contribution in [0.1, 0.15) is 30.0 Å². The van der Waals surface area contributed by atoms with Gasteiger partial charge in [-0.3, -0.25) is 14.5 Å². The smallest absolute Gasteiger partial charge is 0.242 e. The van der Waals surface area contributed by atoms with Gasteiger partial charge < -0.3 is 10.2 Å². The molecule has 0 bridgehead atoms. The summed E-state index contributed by atoms with van der Waals surface area (Å²) in [6.07, 6.45) is 1.56. The van der Waals surface area contributed by atoms with Crippen LogP contribution < -0.4 is 5.32 Å². The summed E-state index contributed by atoms with van der Waals surface area (Å²) in [5, 5.41) is 2.95. The molecule has 1 aromatic rings. The normalized spacial score (nSPS) is 16.2. The molecule has 1 N–H and O–H groups in total. The van der Waals surface area contributed by atoms with Gasteiger partial charge in [0.05, 0.1) is 0 Å². The summed E-state index contributed by atoms with van der Waals surface area (Å²) in [5.41, 5.74) is 2.12. The molecule has 1 saturated heterocycles. The van der Waals surface area contributed by atoms with Crippen molar-refractivity contribution in [1.29, 1.82) is 0 Å². The van der Waals surface area contributed by atoms with Gasteiger partial charge >= 0.3 is 0 Å². The van der Waals surface area contributed by atoms with E-state index >= 15 is 0 Å². The van der Waals surface area contributed by atoms with Crippen LogP contribution in [-0.2, 0) is 9.59 Å². The number of likely N-dealkylation sites (tertiary alicyclic amines) is 1. The average Bonchev–Trinajstić information content (AvgIpc) is 2.84. The van der Waals surface area contributed by atoms with E-state index in [2.05, 4.69) is 5.32 Å². The number of rotatable bonds is 6. The Morgan fingerprint density at radius 3 is 2.77 bits per heavy atom. The van der Waals surface area contributed by atoms with Crippen LogP contribution in [0.3, 0.4) is 0 Å². The predicted octanol–water partition coefficient (Wildman–Crippen LogP) is 1.34. The molecule has 1 heterocycles. The highest BCUT2D eigenvalue weighted by Crippen LogP contribution is 2.19. The molecule has 1 atom stereocenters. The van der Waals surface area contributed by atoms with E-state index in [9.17, 15) is 9.59 Å². The van der Waals surface area contributed by atoms with E-state index < -0.39 is 0 Å². The van der Waals surface area contributed by atoms with Gasteiger partial charge in [0.1, 0.15) is 6.04 Å². The summed E-state index contributed by atoms with van der Waals surface area (Å²) in [5.74, 6) is 0.166. The molecule has 22 heavy (non-hydrogen) atoms. The number of carbonyl (C=O) groups is 2. The topological polar surface area (TPSA) is 52.7 Å². The lowest BCUT2D eigenvalue weighted by atomic mass is 10.0. The highest BCUT2D eigenvalue weighted by atomic mass is 16.2. The van der Waals surface area contributed by atoms with Crippen LogP contribution in [0, 0.1) is 6.92 Å². The molecule has 1 aromatic carbocycles. The van der Waals surface area contributed by atoms with Gasteiger partial charge in [-0.1, -0.05) is 29.8 Å². The van der Waals surface area contributed by atoms with E-state index in [1.165, 1.54) is 0 Å². The molecule has 2 rings (SSSR count). The minimum absolute atomic E-state index is 0.0257. The van der Waals surface area contributed by atoms with E-state index in [0.717, 1.165) is 24.1 Å². The fourth-order valence-corrected chi connectivity index (χ4v) is 2.88. The van der Waals surface area contributed by atoms with E-state index in [1.807, 2.05) is 55.1 Å². The van der Waals surface area contributed by atoms with Crippen molar-refractivity contribution in [3.63, 3.8) is 0 Å². The lowest BCUT2D eigenvalue weighted by Gasteiger charge is -2.25. The van der Waals surface area contributed by atoms with Gasteiger partial charge in [0.2, 0.25) is 11.8 Å². The highest BCUT2D eigenvalue weighted by molar-refractivity contribution is 5.83. The van der Waals surface area contributed by atoms with E-state index in [1.54, 1.807) is 0 Å². The Balaban J connectivity index is 1.94. The van der Waals surface area contributed by atoms with Crippen molar-refractivity contribution in [3.05, 3.63) is 35.4 Å². The highest BCUT2D eigenvalue weighted by Gasteiger charge is 2.24. The number of likely N-dealkylation sites (N-methyl/N-ethyl adjacent to an activating group) is 1. The van der Waals surface area contributed by atoms with Crippen molar-refractivity contribution < 1.29 is 9.59 Å². The molecule has 5 nitrogen and oxygen atoms in total. The largest absolute Gasteiger partial charge is 0.353 e. The first kappa shape index (κ1) is 16.5. The third-order valence-electron chi connectivity index (χ3n) is 3.97. The molecule has 0 spiro atoms. The lowest BCUT2D eigenvalue weighted by Crippen LogP contribution is -2.41. The van der Waals surface area contributed by atoms with Crippen LogP contribution >= 0.6 is 0 Å². The summed E-state index contributed by atoms with van der Waals surface area (Å²) in [7, 11) is 3.80. The molecule has 0 aliphatic carbocycles. The van der Waals surface area contributed by atoms with E-state index in [0.29, 0.717) is 19.5 Å². The zero-order chi connectivity index (χ0) is 16.1. The monoisotopic (exact) mass is 303 g/mol. The van der Waals surface area contributed by atoms with Crippen LogP contribution in [0.25, 0.3) is 0 Å². The fourth-order valence-electron chi connectivity index (χ4n) is 2.88. The first-order valence-corrected chi connectivity index (χ1v) is 7.77. The lowest BCUT2D eigenvalue weighted by molar-refractivity contribution is -0.129. The number of nitrogens with one attached hydrogen (secondary N) is 1. The maximum absolute atomic E-state index is 12.5. The van der Waals surface area contributed by atoms with E-state index in [-0.39, 0.29) is 17.9 Å². The maximum Gasteiger partial charge on any atom is 0.242 e. The molecule has 1 aliphatic rings. The Morgan fingerprint density at radius 2 is 2.18 bits per heavy atom. The Labute approximate surface area is 132 Å². The fraction of sp³-hybridized carbons (Fsp3) is 0.529. The second-order valence-corrected chi connectivity index (χ2v) is 6.06. The van der Waals surface area contributed by atoms with Gasteiger partial charge in [0, 0.05) is 26.1 Å². The van der Waals surface area contributed by atoms with Gasteiger partial charge in [-0.25, -0.2) is 0 Å². The first-order chi connectivity index (χ1) is 10.5. The Hall–Kier alpha value is -1.88. The zero-order valence-electron chi connectivity index (χ0n) is 13.6. The molecule has 0 aromatic heterocycles. The average molecular weight is 303 g/mol. The third kappa shape index (κ3) is 4.07. The maximum atomic E-state index is 12.5. The second-order valence-electron chi connectivity index (χ2n) is 6.06. The summed E-state index contributed by atoms with van der Waals surface area (Å²) < 4.78 is 0. The molecule has 1 fully saturated rings. The molecule has 0 radical (unpaired) electrons. The zero-order valence-corrected chi connectivity index (χ0v) is 13.6. The van der Waals surface area contributed by atoms with Gasteiger partial charge in [0.25, 0.3) is 0 Å². The molecule has 120 valence electrons. The van der Waals surface area contributed by atoms with Crippen molar-refractivity contribution in [2.45, 2.75) is 25.8 Å². The number of aryl methyl sites for hydroxylation is 1. The molecular formula is C17H25N3O2. The van der Waals surface area contributed by atoms with Crippen molar-refractivity contribution in [2.24, 2.45) is 0 Å². The SMILES string of the molecule is Cc1cccc(C(C(=O)NCCN2CCCC2=O)N(C)C)c1. The molecule has 1 aliphatic heterocycles. The Kier molecular flexibility index (Phi) is 5.55. The van der Waals surface area contributed by atoms with Gasteiger partial charge in [-0.05, 0) is 33.0 Å². The summed E-state index contributed by atoms with van der Waals surface area (Å²) in [6.45, 7) is 3.93. The summed E-state index contributed by atoms with van der Waals surface area (Å²) >= 11 is 0. The van der Waals surface area contributed by atoms with Crippen LogP contribution in [0.5, 0.6) is 0 Å². The van der Waals surface area contributed by atoms with Gasteiger partial charge in [-0.2, -0.15) is 0 Å². The first-order valence-electron chi connectivity index (χ1n) is 7.77. The van der Waals surface area contributed by atoms with E-state index in [4.69, 9.17) is 0 Å². The van der Waals surface area contributed by atoms with Crippen LogP contribution in [0.4, 0.5) is 0 Å². The second kappa shape index (κ2) is 7.40. The molecule has 5 heteroatoms. The minimum Gasteiger partial charge on any atom is -0.353 e. The summed E-state index contributed by atoms with van der Waals surface area (Å²) in [6, 6.07) is 7.69. The summed E-state index contributed by atoms with van der Waals surface area (Å²) in [4.78, 5) is 27.8. The van der Waals surface area contributed by atoms with Crippen molar-refractivity contribution in [3.8, 4) is 0 Å². The van der Waals surface area contributed by atoms with Crippen molar-refractivity contribution in [2.75, 3.05) is 33.7 Å². The number of hydrogen-bond acceptors (Lipinski definition) is 3. The minimum atomic E-state index is -0.311. The number of hydrogen-bond donors (Lipinski definition) is 1. The van der Waals surface area contributed by atoms with Crippen molar-refractivity contribution in [1.82, 2.24) is 15.1 Å². The third-order valence-corrected chi connectivity index (χ3v) is 3.97.